The average Bonchev–Trinajstić information content (AvgIpc) is 4.13. The first-order chi connectivity index (χ1) is 26.7. The Morgan fingerprint density at radius 1 is 1.00 bits per heavy atom. The molecule has 56 heavy (non-hydrogen) atoms. The number of hydrogen-bond acceptors (Lipinski definition) is 11. The smallest absolute Gasteiger partial charge is 0.408 e. The first-order valence-corrected chi connectivity index (χ1v) is 20.2. The van der Waals surface area contributed by atoms with Crippen molar-refractivity contribution in [3.8, 4) is 11.5 Å². The van der Waals surface area contributed by atoms with Crippen LogP contribution in [0.15, 0.2) is 18.2 Å². The number of alkyl carbamates (subject to hydrolysis) is 1. The average molecular weight is 799 g/mol. The third-order valence-electron chi connectivity index (χ3n) is 12.2. The number of likely N-dealkylation sites (tertiary alicyclic amines) is 1. The molecule has 0 radical (unpaired) electrons. The Kier molecular flexibility index (Phi) is 11.4. The fourth-order valence-corrected chi connectivity index (χ4v) is 8.87. The van der Waals surface area contributed by atoms with Gasteiger partial charge in [-0.1, -0.05) is 45.7 Å². The molecule has 0 bridgehead atoms. The molecule has 5 fully saturated rings. The standard InChI is InChI=1S/C41H55ClN4O10/c1-8-24-18-41(24,38(49)53-7)45-36(47)29-16-26(19-46(29)37(48)35(40(2,3)4)44-39(50)56-25-14-22-13-23(22)15-25)55-31-17-28(21-9-10-21)43-34-27(31)11-12-30(33(34)42)54-20-32(51-5)52-6/h11-12,17,21-26,29,32,35H,8-10,13-16,18-20H2,1-7H3,(H,44,50)(H,45,47)/t22-,23+,24-,25?,26-,29+,35-,41-/m1/s1. The Balaban J connectivity index is 1.16. The molecule has 1 unspecified atom stereocenters. The molecule has 4 aliphatic carbocycles. The Bertz CT molecular complexity index is 1840. The number of carbonyl (C=O) groups is 4. The highest BCUT2D eigenvalue weighted by Crippen LogP contribution is 2.52. The molecule has 14 nitrogen and oxygen atoms in total. The van der Waals surface area contributed by atoms with Gasteiger partial charge in [-0.15, -0.1) is 0 Å². The highest BCUT2D eigenvalue weighted by Gasteiger charge is 2.62. The number of benzene rings is 1. The number of amides is 3. The zero-order valence-corrected chi connectivity index (χ0v) is 34.1. The molecule has 1 saturated heterocycles. The summed E-state index contributed by atoms with van der Waals surface area (Å²) in [6.07, 6.45) is 4.03. The van der Waals surface area contributed by atoms with E-state index >= 15 is 0 Å². The number of ether oxygens (including phenoxy) is 6. The molecular formula is C41H55ClN4O10. The van der Waals surface area contributed by atoms with Gasteiger partial charge in [-0.2, -0.15) is 0 Å². The molecule has 7 rings (SSSR count). The maximum absolute atomic E-state index is 14.7. The number of fused-ring (bicyclic) bond motifs is 2. The van der Waals surface area contributed by atoms with Crippen molar-refractivity contribution in [1.29, 1.82) is 0 Å². The van der Waals surface area contributed by atoms with Crippen molar-refractivity contribution in [3.05, 3.63) is 28.9 Å². The molecule has 1 aromatic carbocycles. The Morgan fingerprint density at radius 3 is 2.32 bits per heavy atom. The van der Waals surface area contributed by atoms with Gasteiger partial charge in [0.05, 0.1) is 19.2 Å². The number of esters is 1. The van der Waals surface area contributed by atoms with E-state index in [9.17, 15) is 19.2 Å². The third kappa shape index (κ3) is 8.24. The fourth-order valence-electron chi connectivity index (χ4n) is 8.60. The highest BCUT2D eigenvalue weighted by molar-refractivity contribution is 6.36. The van der Waals surface area contributed by atoms with Gasteiger partial charge in [-0.25, -0.2) is 9.59 Å². The maximum Gasteiger partial charge on any atom is 0.408 e. The van der Waals surface area contributed by atoms with Gasteiger partial charge in [-0.3, -0.25) is 14.6 Å². The quantitative estimate of drug-likeness (QED) is 0.173. The van der Waals surface area contributed by atoms with E-state index in [-0.39, 0.29) is 37.5 Å². The molecule has 0 spiro atoms. The van der Waals surface area contributed by atoms with Crippen molar-refractivity contribution in [2.24, 2.45) is 23.2 Å². The molecule has 1 aromatic heterocycles. The zero-order chi connectivity index (χ0) is 40.1. The number of carbonyl (C=O) groups excluding carboxylic acids is 4. The largest absolute Gasteiger partial charge is 0.488 e. The normalized spacial score (nSPS) is 28.4. The molecule has 15 heteroatoms. The molecule has 4 saturated carbocycles. The van der Waals surface area contributed by atoms with Crippen molar-refractivity contribution in [1.82, 2.24) is 20.5 Å². The lowest BCUT2D eigenvalue weighted by Gasteiger charge is -2.35. The van der Waals surface area contributed by atoms with Crippen molar-refractivity contribution < 1.29 is 47.6 Å². The van der Waals surface area contributed by atoms with Crippen LogP contribution in [0.1, 0.15) is 90.7 Å². The van der Waals surface area contributed by atoms with Crippen molar-refractivity contribution >= 4 is 46.4 Å². The van der Waals surface area contributed by atoms with Crippen LogP contribution >= 0.6 is 11.6 Å². The summed E-state index contributed by atoms with van der Waals surface area (Å²) in [4.78, 5) is 61.7. The van der Waals surface area contributed by atoms with E-state index in [0.29, 0.717) is 52.1 Å². The molecular weight excluding hydrogens is 744 g/mol. The van der Waals surface area contributed by atoms with Crippen LogP contribution in [0.2, 0.25) is 5.02 Å². The van der Waals surface area contributed by atoms with E-state index in [2.05, 4.69) is 10.6 Å². The van der Waals surface area contributed by atoms with Crippen LogP contribution < -0.4 is 20.1 Å². The fraction of sp³-hybridized carbons (Fsp3) is 0.683. The minimum Gasteiger partial charge on any atom is -0.488 e. The first kappa shape index (κ1) is 40.3. The molecule has 2 heterocycles. The summed E-state index contributed by atoms with van der Waals surface area (Å²) in [6.45, 7) is 7.68. The summed E-state index contributed by atoms with van der Waals surface area (Å²) in [7, 11) is 4.35. The summed E-state index contributed by atoms with van der Waals surface area (Å²) < 4.78 is 34.1. The van der Waals surface area contributed by atoms with E-state index in [4.69, 9.17) is 45.0 Å². The zero-order valence-electron chi connectivity index (χ0n) is 33.4. The molecule has 3 amide bonds. The Morgan fingerprint density at radius 2 is 1.71 bits per heavy atom. The second kappa shape index (κ2) is 15.8. The minimum atomic E-state index is -1.16. The van der Waals surface area contributed by atoms with Gasteiger partial charge < -0.3 is 44.0 Å². The SMILES string of the molecule is CC[C@@H]1C[C@]1(NC(=O)[C@@H]1C[C@@H](Oc2cc(C3CC3)nc3c(Cl)c(OCC(OC)OC)ccc23)CN1C(=O)[C@@H](NC(=O)OC1C[C@@H]2C[C@@H]2C1)C(C)(C)C)C(=O)OC. The summed E-state index contributed by atoms with van der Waals surface area (Å²) in [5.74, 6) is 0.879. The van der Waals surface area contributed by atoms with Crippen LogP contribution in [0, 0.1) is 23.2 Å². The summed E-state index contributed by atoms with van der Waals surface area (Å²) in [6, 6.07) is 3.44. The molecule has 8 atom stereocenters. The molecule has 306 valence electrons. The topological polar surface area (TPSA) is 164 Å². The second-order valence-electron chi connectivity index (χ2n) is 17.2. The van der Waals surface area contributed by atoms with Crippen LogP contribution in [0.4, 0.5) is 4.79 Å². The van der Waals surface area contributed by atoms with E-state index in [0.717, 1.165) is 31.4 Å². The summed E-state index contributed by atoms with van der Waals surface area (Å²) in [5, 5.41) is 6.78. The molecule has 2 aromatic rings. The van der Waals surface area contributed by atoms with Gasteiger partial charge in [0.1, 0.15) is 53.0 Å². The summed E-state index contributed by atoms with van der Waals surface area (Å²) >= 11 is 6.92. The third-order valence-corrected chi connectivity index (χ3v) is 12.6. The van der Waals surface area contributed by atoms with E-state index < -0.39 is 59.3 Å². The van der Waals surface area contributed by atoms with Crippen molar-refractivity contribution in [3.63, 3.8) is 0 Å². The van der Waals surface area contributed by atoms with E-state index in [1.165, 1.54) is 32.7 Å². The van der Waals surface area contributed by atoms with Gasteiger partial charge in [0.2, 0.25) is 11.8 Å². The van der Waals surface area contributed by atoms with Crippen molar-refractivity contribution in [2.45, 2.75) is 121 Å². The Hall–Kier alpha value is -3.88. The van der Waals surface area contributed by atoms with E-state index in [1.54, 1.807) is 6.07 Å². The van der Waals surface area contributed by atoms with Crippen LogP contribution in [0.25, 0.3) is 10.9 Å². The predicted octanol–water partition coefficient (Wildman–Crippen LogP) is 5.51. The monoisotopic (exact) mass is 798 g/mol. The Labute approximate surface area is 332 Å². The van der Waals surface area contributed by atoms with Crippen LogP contribution in [0.5, 0.6) is 11.5 Å². The van der Waals surface area contributed by atoms with Crippen LogP contribution in [0.3, 0.4) is 0 Å². The number of pyridine rings is 1. The number of halogens is 1. The van der Waals surface area contributed by atoms with Gasteiger partial charge >= 0.3 is 12.1 Å². The first-order valence-electron chi connectivity index (χ1n) is 19.9. The lowest BCUT2D eigenvalue weighted by molar-refractivity contribution is -0.148. The number of rotatable bonds is 15. The number of nitrogens with zero attached hydrogens (tertiary/aromatic N) is 2. The predicted molar refractivity (Wildman–Crippen MR) is 205 cm³/mol. The second-order valence-corrected chi connectivity index (χ2v) is 17.6. The van der Waals surface area contributed by atoms with E-state index in [1.807, 2.05) is 39.8 Å². The molecule has 5 aliphatic rings. The van der Waals surface area contributed by atoms with Crippen molar-refractivity contribution in [2.75, 3.05) is 34.5 Å². The lowest BCUT2D eigenvalue weighted by Crippen LogP contribution is -2.59. The van der Waals surface area contributed by atoms with Crippen LogP contribution in [-0.2, 0) is 33.3 Å². The minimum absolute atomic E-state index is 0.0432. The number of nitrogens with one attached hydrogen (secondary N) is 2. The van der Waals surface area contributed by atoms with Gasteiger partial charge in [0.15, 0.2) is 6.29 Å². The molecule has 1 aliphatic heterocycles. The highest BCUT2D eigenvalue weighted by atomic mass is 35.5. The van der Waals surface area contributed by atoms with Gasteiger partial charge in [0, 0.05) is 43.7 Å². The molecule has 2 N–H and O–H groups in total. The number of methoxy groups -OCH3 is 3. The van der Waals surface area contributed by atoms with Crippen LogP contribution in [-0.4, -0.2) is 104 Å². The number of hydrogen-bond donors (Lipinski definition) is 2. The van der Waals surface area contributed by atoms with Gasteiger partial charge in [0.25, 0.3) is 0 Å². The maximum atomic E-state index is 14.7. The number of aromatic nitrogens is 1. The summed E-state index contributed by atoms with van der Waals surface area (Å²) in [5.41, 5.74) is -0.572. The van der Waals surface area contributed by atoms with Gasteiger partial charge in [-0.05, 0) is 73.8 Å². The lowest BCUT2D eigenvalue weighted by atomic mass is 9.85.